The molecule has 0 aliphatic carbocycles. The van der Waals surface area contributed by atoms with Crippen molar-refractivity contribution in [3.8, 4) is 5.75 Å². The van der Waals surface area contributed by atoms with E-state index in [0.29, 0.717) is 32.6 Å². The van der Waals surface area contributed by atoms with Crippen LogP contribution in [0.4, 0.5) is 10.8 Å². The highest BCUT2D eigenvalue weighted by Gasteiger charge is 2.17. The molecule has 134 valence electrons. The van der Waals surface area contributed by atoms with Crippen molar-refractivity contribution in [2.45, 2.75) is 19.8 Å². The first-order valence-electron chi connectivity index (χ1n) is 7.93. The Kier molecular flexibility index (Phi) is 4.85. The zero-order chi connectivity index (χ0) is 18.8. The number of aromatic nitrogens is 1. The lowest BCUT2D eigenvalue weighted by molar-refractivity contribution is -0.384. The third-order valence-electron chi connectivity index (χ3n) is 3.94. The van der Waals surface area contributed by atoms with E-state index in [1.807, 2.05) is 12.1 Å². The lowest BCUT2D eigenvalue weighted by Gasteiger charge is -2.06. The van der Waals surface area contributed by atoms with Crippen molar-refractivity contribution < 1.29 is 14.5 Å². The summed E-state index contributed by atoms with van der Waals surface area (Å²) in [6.07, 6.45) is 0. The number of benzene rings is 2. The van der Waals surface area contributed by atoms with Crippen LogP contribution in [-0.2, 0) is 0 Å². The number of ether oxygens (including phenoxy) is 1. The normalized spacial score (nSPS) is 10.9. The van der Waals surface area contributed by atoms with Crippen molar-refractivity contribution in [2.24, 2.45) is 0 Å². The second kappa shape index (κ2) is 7.09. The summed E-state index contributed by atoms with van der Waals surface area (Å²) < 4.78 is 5.75. The van der Waals surface area contributed by atoms with Crippen molar-refractivity contribution in [3.63, 3.8) is 0 Å². The molecule has 1 amide bonds. The molecule has 0 spiro atoms. The molecule has 0 radical (unpaired) electrons. The van der Waals surface area contributed by atoms with Crippen LogP contribution in [0.15, 0.2) is 36.4 Å². The lowest BCUT2D eigenvalue weighted by atomic mass is 10.0. The largest absolute Gasteiger partial charge is 0.494 e. The molecule has 3 aromatic rings. The van der Waals surface area contributed by atoms with Gasteiger partial charge in [-0.15, -0.1) is 0 Å². The molecule has 0 unspecified atom stereocenters. The molecule has 8 heteroatoms. The first kappa shape index (κ1) is 17.8. The molecule has 0 aliphatic heterocycles. The van der Waals surface area contributed by atoms with Gasteiger partial charge < -0.3 is 4.74 Å². The number of nitrogens with zero attached hydrogens (tertiary/aromatic N) is 2. The fourth-order valence-corrected chi connectivity index (χ4v) is 3.40. The molecule has 0 atom stereocenters. The van der Waals surface area contributed by atoms with Crippen molar-refractivity contribution in [2.75, 3.05) is 12.4 Å². The Balaban J connectivity index is 1.88. The summed E-state index contributed by atoms with van der Waals surface area (Å²) in [6.45, 7) is 4.17. The van der Waals surface area contributed by atoms with Crippen LogP contribution < -0.4 is 10.1 Å². The third-order valence-corrected chi connectivity index (χ3v) is 4.85. The summed E-state index contributed by atoms with van der Waals surface area (Å²) in [5, 5.41) is 14.1. The van der Waals surface area contributed by atoms with Gasteiger partial charge in [0.15, 0.2) is 10.9 Å². The van der Waals surface area contributed by atoms with Crippen LogP contribution in [0.25, 0.3) is 10.2 Å². The predicted octanol–water partition coefficient (Wildman–Crippen LogP) is 4.59. The first-order chi connectivity index (χ1) is 12.4. The maximum absolute atomic E-state index is 12.4. The molecule has 3 rings (SSSR count). The van der Waals surface area contributed by atoms with Gasteiger partial charge in [0.1, 0.15) is 5.52 Å². The Morgan fingerprint density at radius 2 is 1.96 bits per heavy atom. The molecule has 1 N–H and O–H groups in total. The number of hydrogen-bond acceptors (Lipinski definition) is 6. The molecule has 0 bridgehead atoms. The van der Waals surface area contributed by atoms with Crippen LogP contribution >= 0.6 is 11.3 Å². The highest BCUT2D eigenvalue weighted by atomic mass is 32.1. The van der Waals surface area contributed by atoms with Gasteiger partial charge in [0, 0.05) is 11.6 Å². The number of carbonyl (C=O) groups is 1. The number of non-ortho nitro benzene ring substituents is 1. The second-order valence-electron chi connectivity index (χ2n) is 6.00. The van der Waals surface area contributed by atoms with Gasteiger partial charge in [-0.3, -0.25) is 20.2 Å². The Morgan fingerprint density at radius 1 is 1.27 bits per heavy atom. The molecule has 1 aromatic heterocycles. The molecule has 26 heavy (non-hydrogen) atoms. The number of hydrogen-bond donors (Lipinski definition) is 1. The van der Waals surface area contributed by atoms with Crippen LogP contribution in [-0.4, -0.2) is 22.9 Å². The Morgan fingerprint density at radius 3 is 2.54 bits per heavy atom. The molecule has 0 fully saturated rings. The van der Waals surface area contributed by atoms with Gasteiger partial charge in [-0.25, -0.2) is 4.98 Å². The minimum atomic E-state index is -0.490. The minimum absolute atomic E-state index is 0.0832. The smallest absolute Gasteiger partial charge is 0.274 e. The van der Waals surface area contributed by atoms with E-state index in [2.05, 4.69) is 24.1 Å². The fraction of sp³-hybridized carbons (Fsp3) is 0.222. The van der Waals surface area contributed by atoms with E-state index in [1.165, 1.54) is 19.2 Å². The molecular formula is C18H17N3O4S. The number of carbonyl (C=O) groups excluding carboxylic acids is 1. The average Bonchev–Trinajstić information content (AvgIpc) is 3.03. The maximum atomic E-state index is 12.4. The quantitative estimate of drug-likeness (QED) is 0.523. The standard InChI is InChI=1S/C18H17N3O4S/c1-10(2)11-4-6-12(7-5-11)17(22)20-18-19-16-14(25-3)8-13(21(23)24)9-15(16)26-18/h4-10H,1-3H3,(H,19,20,22). The molecule has 0 saturated heterocycles. The zero-order valence-corrected chi connectivity index (χ0v) is 15.3. The van der Waals surface area contributed by atoms with E-state index in [0.717, 1.165) is 16.9 Å². The van der Waals surface area contributed by atoms with E-state index in [1.54, 1.807) is 12.1 Å². The monoisotopic (exact) mass is 371 g/mol. The number of nitro groups is 1. The van der Waals surface area contributed by atoms with Crippen molar-refractivity contribution in [3.05, 3.63) is 57.6 Å². The topological polar surface area (TPSA) is 94.4 Å². The molecule has 2 aromatic carbocycles. The van der Waals surface area contributed by atoms with Crippen LogP contribution in [0.2, 0.25) is 0 Å². The summed E-state index contributed by atoms with van der Waals surface area (Å²) in [6, 6.07) is 10.1. The summed E-state index contributed by atoms with van der Waals surface area (Å²) in [4.78, 5) is 27.3. The third kappa shape index (κ3) is 3.50. The molecule has 0 aliphatic rings. The van der Waals surface area contributed by atoms with Crippen LogP contribution in [0.1, 0.15) is 35.7 Å². The molecule has 0 saturated carbocycles. The van der Waals surface area contributed by atoms with Gasteiger partial charge in [0.2, 0.25) is 0 Å². The molecule has 7 nitrogen and oxygen atoms in total. The zero-order valence-electron chi connectivity index (χ0n) is 14.5. The van der Waals surface area contributed by atoms with Crippen molar-refractivity contribution in [1.82, 2.24) is 4.98 Å². The Labute approximate surface area is 153 Å². The SMILES string of the molecule is COc1cc([N+](=O)[O-])cc2sc(NC(=O)c3ccc(C(C)C)cc3)nc12. The first-order valence-corrected chi connectivity index (χ1v) is 8.75. The van der Waals surface area contributed by atoms with Gasteiger partial charge >= 0.3 is 0 Å². The summed E-state index contributed by atoms with van der Waals surface area (Å²) in [5.41, 5.74) is 2.07. The maximum Gasteiger partial charge on any atom is 0.274 e. The van der Waals surface area contributed by atoms with E-state index in [9.17, 15) is 14.9 Å². The van der Waals surface area contributed by atoms with Crippen LogP contribution in [0, 0.1) is 10.1 Å². The van der Waals surface area contributed by atoms with Gasteiger partial charge in [-0.2, -0.15) is 0 Å². The van der Waals surface area contributed by atoms with E-state index >= 15 is 0 Å². The number of fused-ring (bicyclic) bond motifs is 1. The summed E-state index contributed by atoms with van der Waals surface area (Å²) in [7, 11) is 1.42. The predicted molar refractivity (Wildman–Crippen MR) is 101 cm³/mol. The number of amides is 1. The number of nitrogens with one attached hydrogen (secondary N) is 1. The van der Waals surface area contributed by atoms with Crippen molar-refractivity contribution >= 4 is 38.3 Å². The van der Waals surface area contributed by atoms with Crippen LogP contribution in [0.3, 0.4) is 0 Å². The number of methoxy groups -OCH3 is 1. The van der Waals surface area contributed by atoms with Gasteiger partial charge in [-0.05, 0) is 23.6 Å². The summed E-state index contributed by atoms with van der Waals surface area (Å²) >= 11 is 1.16. The number of anilines is 1. The minimum Gasteiger partial charge on any atom is -0.494 e. The lowest BCUT2D eigenvalue weighted by Crippen LogP contribution is -2.11. The number of rotatable bonds is 5. The highest BCUT2D eigenvalue weighted by molar-refractivity contribution is 7.22. The number of thiazole rings is 1. The highest BCUT2D eigenvalue weighted by Crippen LogP contribution is 2.36. The molecular weight excluding hydrogens is 354 g/mol. The van der Waals surface area contributed by atoms with E-state index < -0.39 is 4.92 Å². The fourth-order valence-electron chi connectivity index (χ4n) is 2.49. The van der Waals surface area contributed by atoms with Crippen molar-refractivity contribution in [1.29, 1.82) is 0 Å². The van der Waals surface area contributed by atoms with Gasteiger partial charge in [0.25, 0.3) is 11.6 Å². The Bertz CT molecular complexity index is 980. The Hall–Kier alpha value is -3.00. The number of nitro benzene ring substituents is 1. The van der Waals surface area contributed by atoms with Crippen LogP contribution in [0.5, 0.6) is 5.75 Å². The second-order valence-corrected chi connectivity index (χ2v) is 7.03. The summed E-state index contributed by atoms with van der Waals surface area (Å²) in [5.74, 6) is 0.402. The van der Waals surface area contributed by atoms with E-state index in [-0.39, 0.29) is 11.6 Å². The molecule has 1 heterocycles. The van der Waals surface area contributed by atoms with Gasteiger partial charge in [0.05, 0.1) is 22.8 Å². The van der Waals surface area contributed by atoms with Gasteiger partial charge in [-0.1, -0.05) is 37.3 Å². The average molecular weight is 371 g/mol. The van der Waals surface area contributed by atoms with E-state index in [4.69, 9.17) is 4.74 Å².